The Balaban J connectivity index is 0.000000205. The first-order valence-corrected chi connectivity index (χ1v) is 9.29. The molecule has 1 aromatic rings. The molecule has 0 radical (unpaired) electrons. The van der Waals surface area contributed by atoms with Crippen molar-refractivity contribution in [1.29, 1.82) is 0 Å². The largest absolute Gasteiger partial charge is 0.303 e. The van der Waals surface area contributed by atoms with Crippen molar-refractivity contribution in [3.05, 3.63) is 21.9 Å². The van der Waals surface area contributed by atoms with E-state index in [0.717, 1.165) is 12.2 Å². The molecule has 1 heterocycles. The van der Waals surface area contributed by atoms with Crippen molar-refractivity contribution >= 4 is 17.6 Å². The summed E-state index contributed by atoms with van der Waals surface area (Å²) < 4.78 is 0. The second-order valence-electron chi connectivity index (χ2n) is 6.14. The zero-order valence-corrected chi connectivity index (χ0v) is 13.4. The van der Waals surface area contributed by atoms with Gasteiger partial charge in [0.2, 0.25) is 0 Å². The minimum atomic E-state index is 0.606. The van der Waals surface area contributed by atoms with Crippen LogP contribution < -0.4 is 0 Å². The van der Waals surface area contributed by atoms with E-state index in [4.69, 9.17) is 0 Å². The predicted octanol–water partition coefficient (Wildman–Crippen LogP) is 5.88. The van der Waals surface area contributed by atoms with Crippen molar-refractivity contribution in [2.45, 2.75) is 83.0 Å². The predicted molar refractivity (Wildman–Crippen MR) is 87.6 cm³/mol. The summed E-state index contributed by atoms with van der Waals surface area (Å²) in [5.41, 5.74) is 1.27. The lowest BCUT2D eigenvalue weighted by atomic mass is 9.86. The molecular weight excluding hydrogens is 264 g/mol. The third-order valence-electron chi connectivity index (χ3n) is 4.56. The summed E-state index contributed by atoms with van der Waals surface area (Å²) in [6, 6.07) is 2.11. The Kier molecular flexibility index (Phi) is 7.35. The van der Waals surface area contributed by atoms with Crippen LogP contribution in [0, 0.1) is 0 Å². The van der Waals surface area contributed by atoms with Crippen molar-refractivity contribution < 1.29 is 4.79 Å². The van der Waals surface area contributed by atoms with Gasteiger partial charge >= 0.3 is 0 Å². The summed E-state index contributed by atoms with van der Waals surface area (Å²) in [6.07, 6.45) is 17.4. The Bertz CT molecular complexity index is 361. The lowest BCUT2D eigenvalue weighted by Crippen LogP contribution is -2.05. The standard InChI is InChI=1S/C12H16OS.C6H12/c13-8-6-11-7-9-14-12(11)10-4-2-1-3-5-10;1-2-4-6-5-3-1/h7-10H,1-6H2;1-6H2. The van der Waals surface area contributed by atoms with Crippen LogP contribution in [0.3, 0.4) is 0 Å². The molecule has 112 valence electrons. The van der Waals surface area contributed by atoms with Gasteiger partial charge in [-0.1, -0.05) is 57.8 Å². The number of hydrogen-bond acceptors (Lipinski definition) is 2. The molecule has 0 spiro atoms. The smallest absolute Gasteiger partial charge is 0.124 e. The van der Waals surface area contributed by atoms with Crippen LogP contribution in [0.15, 0.2) is 11.4 Å². The molecule has 3 rings (SSSR count). The summed E-state index contributed by atoms with van der Waals surface area (Å²) in [7, 11) is 0. The molecule has 0 aromatic carbocycles. The number of hydrogen-bond donors (Lipinski definition) is 0. The number of carbonyl (C=O) groups excluding carboxylic acids is 1. The van der Waals surface area contributed by atoms with Crippen LogP contribution in [0.5, 0.6) is 0 Å². The van der Waals surface area contributed by atoms with Crippen molar-refractivity contribution in [2.24, 2.45) is 0 Å². The molecule has 2 saturated carbocycles. The first kappa shape index (κ1) is 15.8. The second-order valence-corrected chi connectivity index (χ2v) is 7.08. The Hall–Kier alpha value is -0.630. The van der Waals surface area contributed by atoms with Gasteiger partial charge in [-0.25, -0.2) is 0 Å². The Morgan fingerprint density at radius 3 is 2.05 bits per heavy atom. The Morgan fingerprint density at radius 2 is 1.50 bits per heavy atom. The molecule has 1 aromatic heterocycles. The van der Waals surface area contributed by atoms with Crippen LogP contribution >= 0.6 is 11.3 Å². The topological polar surface area (TPSA) is 17.1 Å². The highest BCUT2D eigenvalue weighted by atomic mass is 32.1. The summed E-state index contributed by atoms with van der Waals surface area (Å²) in [5.74, 6) is 0.749. The maximum Gasteiger partial charge on any atom is 0.124 e. The second kappa shape index (κ2) is 9.33. The van der Waals surface area contributed by atoms with E-state index < -0.39 is 0 Å². The van der Waals surface area contributed by atoms with Gasteiger partial charge in [0.05, 0.1) is 0 Å². The molecular formula is C18H28OS. The lowest BCUT2D eigenvalue weighted by Gasteiger charge is -2.21. The molecule has 0 N–H and O–H groups in total. The quantitative estimate of drug-likeness (QED) is 0.636. The number of carbonyl (C=O) groups is 1. The van der Waals surface area contributed by atoms with E-state index in [-0.39, 0.29) is 0 Å². The number of rotatable bonds is 3. The van der Waals surface area contributed by atoms with Crippen molar-refractivity contribution in [3.8, 4) is 0 Å². The first-order chi connectivity index (χ1) is 9.92. The molecule has 0 aliphatic heterocycles. The van der Waals surface area contributed by atoms with Gasteiger partial charge in [-0.05, 0) is 35.8 Å². The van der Waals surface area contributed by atoms with Crippen LogP contribution in [-0.2, 0) is 11.2 Å². The van der Waals surface area contributed by atoms with E-state index in [1.54, 1.807) is 0 Å². The normalized spacial score (nSPS) is 20.0. The van der Waals surface area contributed by atoms with Crippen molar-refractivity contribution in [2.75, 3.05) is 0 Å². The zero-order valence-electron chi connectivity index (χ0n) is 12.6. The molecule has 0 saturated heterocycles. The van der Waals surface area contributed by atoms with Crippen LogP contribution in [0.1, 0.15) is 87.0 Å². The molecule has 2 aliphatic carbocycles. The Morgan fingerprint density at radius 1 is 0.950 bits per heavy atom. The number of aldehydes is 1. The lowest BCUT2D eigenvalue weighted by molar-refractivity contribution is -0.107. The highest BCUT2D eigenvalue weighted by Crippen LogP contribution is 2.37. The summed E-state index contributed by atoms with van der Waals surface area (Å²) >= 11 is 1.84. The van der Waals surface area contributed by atoms with Gasteiger partial charge < -0.3 is 4.79 Å². The fourth-order valence-electron chi connectivity index (χ4n) is 3.39. The van der Waals surface area contributed by atoms with Crippen molar-refractivity contribution in [3.63, 3.8) is 0 Å². The fraction of sp³-hybridized carbons (Fsp3) is 0.722. The molecule has 20 heavy (non-hydrogen) atoms. The average molecular weight is 292 g/mol. The van der Waals surface area contributed by atoms with Crippen molar-refractivity contribution in [1.82, 2.24) is 0 Å². The number of thiophene rings is 1. The van der Waals surface area contributed by atoms with Crippen LogP contribution in [0.2, 0.25) is 0 Å². The fourth-order valence-corrected chi connectivity index (χ4v) is 4.50. The molecule has 0 atom stereocenters. The molecule has 0 unspecified atom stereocenters. The van der Waals surface area contributed by atoms with E-state index in [9.17, 15) is 4.79 Å². The van der Waals surface area contributed by atoms with Crippen LogP contribution in [-0.4, -0.2) is 6.29 Å². The summed E-state index contributed by atoms with van der Waals surface area (Å²) in [5, 5.41) is 2.13. The monoisotopic (exact) mass is 292 g/mol. The summed E-state index contributed by atoms with van der Waals surface area (Å²) in [4.78, 5) is 12.0. The van der Waals surface area contributed by atoms with Gasteiger partial charge in [-0.3, -0.25) is 0 Å². The maximum atomic E-state index is 10.5. The van der Waals surface area contributed by atoms with Gasteiger partial charge in [0, 0.05) is 11.3 Å². The molecule has 0 amide bonds. The maximum absolute atomic E-state index is 10.5. The molecule has 2 aliphatic rings. The van der Waals surface area contributed by atoms with E-state index in [2.05, 4.69) is 11.4 Å². The van der Waals surface area contributed by atoms with E-state index in [1.165, 1.54) is 81.1 Å². The minimum Gasteiger partial charge on any atom is -0.303 e. The molecule has 2 fully saturated rings. The van der Waals surface area contributed by atoms with Gasteiger partial charge in [-0.2, -0.15) is 0 Å². The molecule has 2 heteroatoms. The van der Waals surface area contributed by atoms with E-state index in [0.29, 0.717) is 6.42 Å². The third-order valence-corrected chi connectivity index (χ3v) is 5.68. The molecule has 0 bridgehead atoms. The highest BCUT2D eigenvalue weighted by Gasteiger charge is 2.19. The van der Waals surface area contributed by atoms with Gasteiger partial charge in [0.25, 0.3) is 0 Å². The minimum absolute atomic E-state index is 0.606. The van der Waals surface area contributed by atoms with Crippen LogP contribution in [0.25, 0.3) is 0 Å². The third kappa shape index (κ3) is 5.05. The van der Waals surface area contributed by atoms with Crippen LogP contribution in [0.4, 0.5) is 0 Å². The van der Waals surface area contributed by atoms with E-state index in [1.807, 2.05) is 11.3 Å². The summed E-state index contributed by atoms with van der Waals surface area (Å²) in [6.45, 7) is 0. The molecule has 1 nitrogen and oxygen atoms in total. The average Bonchev–Trinajstić information content (AvgIpc) is 2.99. The van der Waals surface area contributed by atoms with E-state index >= 15 is 0 Å². The SMILES string of the molecule is C1CCCCC1.O=CCc1ccsc1C1CCCCC1. The first-order valence-electron chi connectivity index (χ1n) is 8.41. The van der Waals surface area contributed by atoms with Gasteiger partial charge in [0.1, 0.15) is 6.29 Å². The Labute approximate surface area is 127 Å². The zero-order chi connectivity index (χ0) is 14.0. The van der Waals surface area contributed by atoms with Gasteiger partial charge in [-0.15, -0.1) is 11.3 Å². The highest BCUT2D eigenvalue weighted by molar-refractivity contribution is 7.10. The van der Waals surface area contributed by atoms with Gasteiger partial charge in [0.15, 0.2) is 0 Å².